The van der Waals surface area contributed by atoms with Gasteiger partial charge in [0.15, 0.2) is 0 Å². The molecule has 1 saturated heterocycles. The molecule has 1 heterocycles. The minimum Gasteiger partial charge on any atom is -0.377 e. The van der Waals surface area contributed by atoms with Crippen molar-refractivity contribution in [1.82, 2.24) is 4.90 Å². The van der Waals surface area contributed by atoms with Crippen molar-refractivity contribution >= 4 is 0 Å². The van der Waals surface area contributed by atoms with E-state index in [4.69, 9.17) is 4.74 Å². The van der Waals surface area contributed by atoms with Gasteiger partial charge in [0.1, 0.15) is 0 Å². The van der Waals surface area contributed by atoms with E-state index in [1.54, 1.807) is 0 Å². The normalized spacial score (nSPS) is 34.7. The van der Waals surface area contributed by atoms with Crippen LogP contribution >= 0.6 is 0 Å². The lowest BCUT2D eigenvalue weighted by Gasteiger charge is -2.44. The van der Waals surface area contributed by atoms with Gasteiger partial charge in [0, 0.05) is 19.2 Å². The van der Waals surface area contributed by atoms with Gasteiger partial charge in [-0.15, -0.1) is 0 Å². The molecule has 0 aromatic carbocycles. The predicted octanol–water partition coefficient (Wildman–Crippen LogP) is 3.84. The highest BCUT2D eigenvalue weighted by molar-refractivity contribution is 4.99. The standard InChI is InChI=1S/C18H32N2O/c1-18(2,3)15-9-8-14(12-19)17(11-15)20(4)13-16-7-5-6-10-21-16/h14-17H,5-11,13H2,1-4H3. The topological polar surface area (TPSA) is 36.3 Å². The molecule has 2 aliphatic rings. The minimum absolute atomic E-state index is 0.192. The molecule has 0 bridgehead atoms. The first-order valence-electron chi connectivity index (χ1n) is 8.63. The van der Waals surface area contributed by atoms with Crippen LogP contribution in [0.4, 0.5) is 0 Å². The molecule has 1 aliphatic carbocycles. The Labute approximate surface area is 130 Å². The second-order valence-corrected chi connectivity index (χ2v) is 8.11. The van der Waals surface area contributed by atoms with Crippen LogP contribution in [-0.4, -0.2) is 37.2 Å². The Bertz CT molecular complexity index is 362. The number of ether oxygens (including phenoxy) is 1. The highest BCUT2D eigenvalue weighted by Crippen LogP contribution is 2.41. The van der Waals surface area contributed by atoms with E-state index in [1.165, 1.54) is 25.7 Å². The Morgan fingerprint density at radius 3 is 2.52 bits per heavy atom. The van der Waals surface area contributed by atoms with Gasteiger partial charge in [-0.1, -0.05) is 20.8 Å². The van der Waals surface area contributed by atoms with E-state index in [-0.39, 0.29) is 5.92 Å². The molecule has 120 valence electrons. The zero-order chi connectivity index (χ0) is 15.5. The number of hydrogen-bond acceptors (Lipinski definition) is 3. The van der Waals surface area contributed by atoms with Crippen molar-refractivity contribution in [2.75, 3.05) is 20.2 Å². The van der Waals surface area contributed by atoms with Gasteiger partial charge in [0.25, 0.3) is 0 Å². The summed E-state index contributed by atoms with van der Waals surface area (Å²) in [4.78, 5) is 2.42. The smallest absolute Gasteiger partial charge is 0.0702 e. The van der Waals surface area contributed by atoms with Crippen LogP contribution in [0.15, 0.2) is 0 Å². The van der Waals surface area contributed by atoms with Crippen LogP contribution in [-0.2, 0) is 4.74 Å². The highest BCUT2D eigenvalue weighted by atomic mass is 16.5. The lowest BCUT2D eigenvalue weighted by molar-refractivity contribution is -0.0207. The summed E-state index contributed by atoms with van der Waals surface area (Å²) in [7, 11) is 2.19. The van der Waals surface area contributed by atoms with Gasteiger partial charge in [0.05, 0.1) is 18.1 Å². The van der Waals surface area contributed by atoms with Crippen LogP contribution in [0.3, 0.4) is 0 Å². The SMILES string of the molecule is CN(CC1CCCCO1)C1CC(C(C)(C)C)CCC1C#N. The number of rotatable bonds is 3. The molecule has 2 fully saturated rings. The van der Waals surface area contributed by atoms with Crippen molar-refractivity contribution in [3.8, 4) is 6.07 Å². The van der Waals surface area contributed by atoms with Gasteiger partial charge >= 0.3 is 0 Å². The van der Waals surface area contributed by atoms with Gasteiger partial charge in [0.2, 0.25) is 0 Å². The molecule has 4 unspecified atom stereocenters. The van der Waals surface area contributed by atoms with Gasteiger partial charge in [-0.25, -0.2) is 0 Å². The van der Waals surface area contributed by atoms with Crippen LogP contribution in [0.25, 0.3) is 0 Å². The molecule has 3 heteroatoms. The van der Waals surface area contributed by atoms with E-state index in [9.17, 15) is 5.26 Å². The largest absolute Gasteiger partial charge is 0.377 e. The molecule has 1 aliphatic heterocycles. The average Bonchev–Trinajstić information content (AvgIpc) is 2.46. The summed E-state index contributed by atoms with van der Waals surface area (Å²) in [6, 6.07) is 2.96. The van der Waals surface area contributed by atoms with Crippen molar-refractivity contribution in [3.63, 3.8) is 0 Å². The van der Waals surface area contributed by atoms with E-state index in [0.717, 1.165) is 31.9 Å². The molecule has 0 radical (unpaired) electrons. The van der Waals surface area contributed by atoms with Crippen LogP contribution in [0.5, 0.6) is 0 Å². The molecule has 0 aromatic rings. The van der Waals surface area contributed by atoms with Gasteiger partial charge in [-0.3, -0.25) is 4.90 Å². The quantitative estimate of drug-likeness (QED) is 0.793. The van der Waals surface area contributed by atoms with Gasteiger partial charge in [-0.05, 0) is 56.9 Å². The van der Waals surface area contributed by atoms with Crippen LogP contribution < -0.4 is 0 Å². The van der Waals surface area contributed by atoms with Gasteiger partial charge in [-0.2, -0.15) is 5.26 Å². The molecular weight excluding hydrogens is 260 g/mol. The summed E-state index contributed by atoms with van der Waals surface area (Å²) in [5, 5.41) is 9.50. The van der Waals surface area contributed by atoms with E-state index in [0.29, 0.717) is 17.6 Å². The van der Waals surface area contributed by atoms with E-state index >= 15 is 0 Å². The first-order chi connectivity index (χ1) is 9.91. The maximum atomic E-state index is 9.50. The van der Waals surface area contributed by atoms with Gasteiger partial charge < -0.3 is 4.74 Å². The summed E-state index contributed by atoms with van der Waals surface area (Å²) in [5.74, 6) is 0.916. The van der Waals surface area contributed by atoms with Crippen LogP contribution in [0.1, 0.15) is 59.3 Å². The highest BCUT2D eigenvalue weighted by Gasteiger charge is 2.38. The van der Waals surface area contributed by atoms with Crippen molar-refractivity contribution in [2.45, 2.75) is 71.4 Å². The van der Waals surface area contributed by atoms with Crippen molar-refractivity contribution in [1.29, 1.82) is 5.26 Å². The molecule has 21 heavy (non-hydrogen) atoms. The number of nitriles is 1. The zero-order valence-electron chi connectivity index (χ0n) is 14.3. The monoisotopic (exact) mass is 292 g/mol. The Balaban J connectivity index is 1.97. The molecule has 0 aromatic heterocycles. The van der Waals surface area contributed by atoms with Crippen molar-refractivity contribution in [3.05, 3.63) is 0 Å². The fraction of sp³-hybridized carbons (Fsp3) is 0.944. The third-order valence-corrected chi connectivity index (χ3v) is 5.54. The van der Waals surface area contributed by atoms with E-state index in [1.807, 2.05) is 0 Å². The third kappa shape index (κ3) is 4.44. The number of likely N-dealkylation sites (N-methyl/N-ethyl adjacent to an activating group) is 1. The Hall–Kier alpha value is -0.590. The zero-order valence-corrected chi connectivity index (χ0v) is 14.3. The summed E-state index contributed by atoms with van der Waals surface area (Å²) in [5.41, 5.74) is 0.348. The molecule has 0 spiro atoms. The first-order valence-corrected chi connectivity index (χ1v) is 8.63. The van der Waals surface area contributed by atoms with E-state index in [2.05, 4.69) is 38.8 Å². The van der Waals surface area contributed by atoms with Crippen molar-refractivity contribution < 1.29 is 4.74 Å². The first kappa shape index (κ1) is 16.8. The minimum atomic E-state index is 0.192. The maximum Gasteiger partial charge on any atom is 0.0702 e. The number of nitrogens with zero attached hydrogens (tertiary/aromatic N) is 2. The Morgan fingerprint density at radius 2 is 1.95 bits per heavy atom. The molecule has 3 nitrogen and oxygen atoms in total. The van der Waals surface area contributed by atoms with Crippen molar-refractivity contribution in [2.24, 2.45) is 17.3 Å². The van der Waals surface area contributed by atoms with E-state index < -0.39 is 0 Å². The maximum absolute atomic E-state index is 9.50. The molecule has 2 rings (SSSR count). The fourth-order valence-electron chi connectivity index (χ4n) is 3.98. The molecule has 0 N–H and O–H groups in total. The molecule has 4 atom stereocenters. The second kappa shape index (κ2) is 7.11. The lowest BCUT2D eigenvalue weighted by atomic mass is 9.68. The Kier molecular flexibility index (Phi) is 5.68. The summed E-state index contributed by atoms with van der Waals surface area (Å²) in [6.45, 7) is 8.91. The Morgan fingerprint density at radius 1 is 1.19 bits per heavy atom. The molecular formula is C18H32N2O. The summed E-state index contributed by atoms with van der Waals surface area (Å²) >= 11 is 0. The van der Waals surface area contributed by atoms with Crippen LogP contribution in [0.2, 0.25) is 0 Å². The second-order valence-electron chi connectivity index (χ2n) is 8.11. The average molecular weight is 292 g/mol. The molecule has 1 saturated carbocycles. The predicted molar refractivity (Wildman–Crippen MR) is 85.9 cm³/mol. The third-order valence-electron chi connectivity index (χ3n) is 5.54. The van der Waals surface area contributed by atoms with Crippen LogP contribution in [0, 0.1) is 28.6 Å². The molecule has 0 amide bonds. The summed E-state index contributed by atoms with van der Waals surface area (Å²) < 4.78 is 5.88. The fourth-order valence-corrected chi connectivity index (χ4v) is 3.98. The summed E-state index contributed by atoms with van der Waals surface area (Å²) in [6.07, 6.45) is 7.46. The lowest BCUT2D eigenvalue weighted by Crippen LogP contribution is -2.47. The number of hydrogen-bond donors (Lipinski definition) is 0.